The fourth-order valence-electron chi connectivity index (χ4n) is 1.00. The molecule has 1 aromatic carbocycles. The van der Waals surface area contributed by atoms with Gasteiger partial charge in [-0.2, -0.15) is 0 Å². The van der Waals surface area contributed by atoms with Crippen LogP contribution in [0.15, 0.2) is 24.3 Å². The second kappa shape index (κ2) is 3.89. The first kappa shape index (κ1) is 8.76. The fraction of sp³-hybridized carbons (Fsp3) is 0.200. The summed E-state index contributed by atoms with van der Waals surface area (Å²) >= 11 is 0. The Morgan fingerprint density at radius 2 is 2.00 bits per heavy atom. The Balaban J connectivity index is 2.89. The van der Waals surface area contributed by atoms with Crippen LogP contribution in [-0.2, 0) is 0 Å². The van der Waals surface area contributed by atoms with Crippen LogP contribution in [0.1, 0.15) is 11.6 Å². The first-order valence-electron chi connectivity index (χ1n) is 3.67. The lowest BCUT2D eigenvalue weighted by Gasteiger charge is -2.08. The lowest BCUT2D eigenvalue weighted by molar-refractivity contribution is 0.625. The predicted octanol–water partition coefficient (Wildman–Crippen LogP) is 1.72. The number of hydrogen-bond donors (Lipinski definition) is 1. The maximum atomic E-state index is 12.5. The number of benzene rings is 1. The summed E-state index contributed by atoms with van der Waals surface area (Å²) in [5, 5.41) is 2.93. The van der Waals surface area contributed by atoms with Gasteiger partial charge in [-0.25, -0.2) is 4.39 Å². The minimum atomic E-state index is -0.245. The number of hydrogen-bond acceptors (Lipinski definition) is 1. The highest BCUT2D eigenvalue weighted by molar-refractivity contribution is 5.25. The molecule has 1 unspecified atom stereocenters. The molecule has 0 aromatic heterocycles. The van der Waals surface area contributed by atoms with Crippen molar-refractivity contribution in [2.75, 3.05) is 7.05 Å². The smallest absolute Gasteiger partial charge is 0.123 e. The second-order valence-electron chi connectivity index (χ2n) is 2.44. The van der Waals surface area contributed by atoms with E-state index in [4.69, 9.17) is 6.42 Å². The number of rotatable bonds is 2. The van der Waals surface area contributed by atoms with E-state index < -0.39 is 0 Å². The Hall–Kier alpha value is -1.33. The van der Waals surface area contributed by atoms with Gasteiger partial charge >= 0.3 is 0 Å². The molecule has 0 fully saturated rings. The summed E-state index contributed by atoms with van der Waals surface area (Å²) in [7, 11) is 1.77. The zero-order valence-electron chi connectivity index (χ0n) is 6.84. The van der Waals surface area contributed by atoms with E-state index in [9.17, 15) is 4.39 Å². The largest absolute Gasteiger partial charge is 0.303 e. The van der Waals surface area contributed by atoms with Crippen LogP contribution in [0, 0.1) is 18.2 Å². The van der Waals surface area contributed by atoms with Gasteiger partial charge in [0.1, 0.15) is 5.82 Å². The molecule has 12 heavy (non-hydrogen) atoms. The topological polar surface area (TPSA) is 12.0 Å². The van der Waals surface area contributed by atoms with Crippen molar-refractivity contribution in [2.24, 2.45) is 0 Å². The van der Waals surface area contributed by atoms with Gasteiger partial charge in [-0.1, -0.05) is 18.1 Å². The quantitative estimate of drug-likeness (QED) is 0.654. The zero-order valence-corrected chi connectivity index (χ0v) is 6.84. The zero-order chi connectivity index (χ0) is 8.97. The van der Waals surface area contributed by atoms with Crippen molar-refractivity contribution in [3.05, 3.63) is 35.6 Å². The summed E-state index contributed by atoms with van der Waals surface area (Å²) in [6, 6.07) is 6.02. The molecule has 62 valence electrons. The van der Waals surface area contributed by atoms with E-state index in [1.54, 1.807) is 19.2 Å². The highest BCUT2D eigenvalue weighted by atomic mass is 19.1. The van der Waals surface area contributed by atoms with Crippen LogP contribution < -0.4 is 5.32 Å². The van der Waals surface area contributed by atoms with E-state index in [1.165, 1.54) is 12.1 Å². The average molecular weight is 163 g/mol. The summed E-state index contributed by atoms with van der Waals surface area (Å²) < 4.78 is 12.5. The third-order valence-corrected chi connectivity index (χ3v) is 1.66. The SMILES string of the molecule is C#CC(NC)c1ccc(F)cc1. The van der Waals surface area contributed by atoms with Crippen LogP contribution in [0.4, 0.5) is 4.39 Å². The van der Waals surface area contributed by atoms with Gasteiger partial charge in [-0.05, 0) is 24.7 Å². The van der Waals surface area contributed by atoms with E-state index in [1.807, 2.05) is 0 Å². The van der Waals surface area contributed by atoms with Gasteiger partial charge in [0.25, 0.3) is 0 Å². The number of nitrogens with one attached hydrogen (secondary N) is 1. The van der Waals surface area contributed by atoms with E-state index in [2.05, 4.69) is 11.2 Å². The summed E-state index contributed by atoms with van der Waals surface area (Å²) in [5.74, 6) is 2.31. The Morgan fingerprint density at radius 1 is 1.42 bits per heavy atom. The van der Waals surface area contributed by atoms with Crippen LogP contribution in [-0.4, -0.2) is 7.05 Å². The Labute approximate surface area is 71.6 Å². The van der Waals surface area contributed by atoms with Crippen LogP contribution >= 0.6 is 0 Å². The molecule has 1 atom stereocenters. The van der Waals surface area contributed by atoms with Crippen LogP contribution in [0.5, 0.6) is 0 Å². The molecule has 0 amide bonds. The van der Waals surface area contributed by atoms with Crippen molar-refractivity contribution in [1.82, 2.24) is 5.32 Å². The highest BCUT2D eigenvalue weighted by Gasteiger charge is 2.03. The van der Waals surface area contributed by atoms with Gasteiger partial charge in [-0.3, -0.25) is 0 Å². The fourth-order valence-corrected chi connectivity index (χ4v) is 1.00. The molecule has 0 aliphatic rings. The maximum Gasteiger partial charge on any atom is 0.123 e. The molecule has 1 N–H and O–H groups in total. The second-order valence-corrected chi connectivity index (χ2v) is 2.44. The van der Waals surface area contributed by atoms with Gasteiger partial charge in [-0.15, -0.1) is 6.42 Å². The Kier molecular flexibility index (Phi) is 2.84. The van der Waals surface area contributed by atoms with Crippen molar-refractivity contribution < 1.29 is 4.39 Å². The molecule has 0 saturated carbocycles. The van der Waals surface area contributed by atoms with Crippen LogP contribution in [0.2, 0.25) is 0 Å². The lowest BCUT2D eigenvalue weighted by Crippen LogP contribution is -2.13. The average Bonchev–Trinajstić information content (AvgIpc) is 2.10. The molecule has 1 rings (SSSR count). The highest BCUT2D eigenvalue weighted by Crippen LogP contribution is 2.11. The first-order valence-corrected chi connectivity index (χ1v) is 3.67. The van der Waals surface area contributed by atoms with E-state index in [-0.39, 0.29) is 11.9 Å². The third-order valence-electron chi connectivity index (χ3n) is 1.66. The summed E-state index contributed by atoms with van der Waals surface area (Å²) in [6.45, 7) is 0. The van der Waals surface area contributed by atoms with Gasteiger partial charge in [0.05, 0.1) is 6.04 Å². The number of halogens is 1. The van der Waals surface area contributed by atoms with Gasteiger partial charge < -0.3 is 5.32 Å². The molecule has 1 aromatic rings. The van der Waals surface area contributed by atoms with Crippen molar-refractivity contribution in [3.8, 4) is 12.3 Å². The molecule has 0 saturated heterocycles. The van der Waals surface area contributed by atoms with Crippen molar-refractivity contribution in [2.45, 2.75) is 6.04 Å². The van der Waals surface area contributed by atoms with Crippen molar-refractivity contribution >= 4 is 0 Å². The molecule has 0 aliphatic carbocycles. The molecule has 2 heteroatoms. The monoisotopic (exact) mass is 163 g/mol. The van der Waals surface area contributed by atoms with Crippen LogP contribution in [0.25, 0.3) is 0 Å². The maximum absolute atomic E-state index is 12.5. The summed E-state index contributed by atoms with van der Waals surface area (Å²) in [4.78, 5) is 0. The molecule has 0 spiro atoms. The van der Waals surface area contributed by atoms with Crippen LogP contribution in [0.3, 0.4) is 0 Å². The Bertz CT molecular complexity index is 284. The Morgan fingerprint density at radius 3 is 2.42 bits per heavy atom. The van der Waals surface area contributed by atoms with Crippen molar-refractivity contribution in [3.63, 3.8) is 0 Å². The normalized spacial score (nSPS) is 12.1. The van der Waals surface area contributed by atoms with Gasteiger partial charge in [0, 0.05) is 0 Å². The lowest BCUT2D eigenvalue weighted by atomic mass is 10.1. The molecule has 0 aliphatic heterocycles. The molecular formula is C10H10FN. The molecule has 0 radical (unpaired) electrons. The first-order chi connectivity index (χ1) is 5.77. The molecule has 1 nitrogen and oxygen atoms in total. The molecule has 0 heterocycles. The van der Waals surface area contributed by atoms with Crippen molar-refractivity contribution in [1.29, 1.82) is 0 Å². The van der Waals surface area contributed by atoms with E-state index in [0.717, 1.165) is 5.56 Å². The van der Waals surface area contributed by atoms with Gasteiger partial charge in [0.15, 0.2) is 0 Å². The third kappa shape index (κ3) is 1.84. The van der Waals surface area contributed by atoms with E-state index in [0.29, 0.717) is 0 Å². The van der Waals surface area contributed by atoms with Gasteiger partial charge in [0.2, 0.25) is 0 Å². The molecule has 0 bridgehead atoms. The van der Waals surface area contributed by atoms with E-state index >= 15 is 0 Å². The summed E-state index contributed by atoms with van der Waals surface area (Å²) in [5.41, 5.74) is 0.904. The minimum absolute atomic E-state index is 0.134. The summed E-state index contributed by atoms with van der Waals surface area (Å²) in [6.07, 6.45) is 5.25. The molecular weight excluding hydrogens is 153 g/mol. The minimum Gasteiger partial charge on any atom is -0.303 e. The number of terminal acetylenes is 1. The standard InChI is InChI=1S/C10H10FN/c1-3-10(12-2)8-4-6-9(11)7-5-8/h1,4-7,10,12H,2H3. The predicted molar refractivity (Wildman–Crippen MR) is 47.0 cm³/mol.